The van der Waals surface area contributed by atoms with E-state index >= 15 is 0 Å². The largest absolute Gasteiger partial charge is 0.505 e. The van der Waals surface area contributed by atoms with Crippen molar-refractivity contribution in [1.29, 1.82) is 0 Å². The molecule has 3 rings (SSSR count). The van der Waals surface area contributed by atoms with E-state index in [1.807, 2.05) is 42.5 Å². The number of ketones is 1. The van der Waals surface area contributed by atoms with Crippen LogP contribution in [0.3, 0.4) is 0 Å². The second-order valence-electron chi connectivity index (χ2n) is 4.82. The molecule has 0 amide bonds. The molecule has 0 bridgehead atoms. The number of carbonyl (C=O) groups is 1. The van der Waals surface area contributed by atoms with Gasteiger partial charge in [-0.05, 0) is 11.6 Å². The molecule has 0 saturated heterocycles. The van der Waals surface area contributed by atoms with Gasteiger partial charge in [0.1, 0.15) is 12.0 Å². The number of allylic oxidation sites excluding steroid dienone is 1. The summed E-state index contributed by atoms with van der Waals surface area (Å²) >= 11 is 0. The summed E-state index contributed by atoms with van der Waals surface area (Å²) in [6, 6.07) is 18.2. The number of carbonyl (C=O) groups excluding carboxylic acids is 1. The number of benzene rings is 2. The van der Waals surface area contributed by atoms with Crippen LogP contribution in [0.4, 0.5) is 0 Å². The predicted octanol–water partition coefficient (Wildman–Crippen LogP) is 4.55. The van der Waals surface area contributed by atoms with Crippen molar-refractivity contribution in [2.24, 2.45) is 0 Å². The van der Waals surface area contributed by atoms with Crippen molar-refractivity contribution in [2.45, 2.75) is 0 Å². The normalized spacial score (nSPS) is 10.9. The minimum Gasteiger partial charge on any atom is -0.505 e. The summed E-state index contributed by atoms with van der Waals surface area (Å²) in [6.07, 6.45) is 4.58. The molecule has 108 valence electrons. The Bertz CT molecular complexity index is 813. The summed E-state index contributed by atoms with van der Waals surface area (Å²) in [5.41, 5.74) is 2.31. The third-order valence-corrected chi connectivity index (χ3v) is 3.28. The molecule has 1 aromatic heterocycles. The van der Waals surface area contributed by atoms with Gasteiger partial charge in [0.25, 0.3) is 0 Å². The van der Waals surface area contributed by atoms with Crippen LogP contribution in [0.2, 0.25) is 0 Å². The van der Waals surface area contributed by atoms with Gasteiger partial charge in [-0.1, -0.05) is 60.7 Å². The molecule has 3 nitrogen and oxygen atoms in total. The molecular formula is C19H14O3. The van der Waals surface area contributed by atoms with Gasteiger partial charge in [-0.25, -0.2) is 0 Å². The van der Waals surface area contributed by atoms with Crippen LogP contribution in [-0.2, 0) is 0 Å². The first-order chi connectivity index (χ1) is 10.7. The van der Waals surface area contributed by atoms with E-state index in [0.717, 1.165) is 11.1 Å². The van der Waals surface area contributed by atoms with Crippen LogP contribution in [0, 0.1) is 0 Å². The maximum absolute atomic E-state index is 12.1. The lowest BCUT2D eigenvalue weighted by molar-refractivity contribution is 0.104. The molecule has 1 heterocycles. The molecule has 0 aliphatic heterocycles. The van der Waals surface area contributed by atoms with Gasteiger partial charge in [0.05, 0.1) is 0 Å². The number of hydrogen-bond acceptors (Lipinski definition) is 3. The first kappa shape index (κ1) is 13.9. The van der Waals surface area contributed by atoms with Crippen molar-refractivity contribution in [3.63, 3.8) is 0 Å². The summed E-state index contributed by atoms with van der Waals surface area (Å²) in [7, 11) is 0. The fourth-order valence-electron chi connectivity index (χ4n) is 2.20. The van der Waals surface area contributed by atoms with E-state index < -0.39 is 0 Å². The Morgan fingerprint density at radius 2 is 1.73 bits per heavy atom. The fourth-order valence-corrected chi connectivity index (χ4v) is 2.20. The summed E-state index contributed by atoms with van der Waals surface area (Å²) in [5.74, 6) is 0.580. The zero-order valence-electron chi connectivity index (χ0n) is 11.8. The Morgan fingerprint density at radius 1 is 1.00 bits per heavy atom. The van der Waals surface area contributed by atoms with Crippen molar-refractivity contribution < 1.29 is 14.3 Å². The molecule has 0 aliphatic rings. The summed E-state index contributed by atoms with van der Waals surface area (Å²) in [6.45, 7) is 0. The molecule has 0 fully saturated rings. The number of furan rings is 1. The van der Waals surface area contributed by atoms with E-state index in [1.165, 1.54) is 12.3 Å². The fraction of sp³-hybridized carbons (Fsp3) is 0. The second-order valence-corrected chi connectivity index (χ2v) is 4.82. The van der Waals surface area contributed by atoms with E-state index in [2.05, 4.69) is 0 Å². The van der Waals surface area contributed by atoms with E-state index in [-0.39, 0.29) is 11.5 Å². The van der Waals surface area contributed by atoms with Gasteiger partial charge in [-0.2, -0.15) is 0 Å². The molecule has 1 N–H and O–H groups in total. The van der Waals surface area contributed by atoms with Gasteiger partial charge < -0.3 is 9.52 Å². The summed E-state index contributed by atoms with van der Waals surface area (Å²) in [5, 5.41) is 9.41. The molecule has 0 spiro atoms. The zero-order valence-corrected chi connectivity index (χ0v) is 11.8. The summed E-state index contributed by atoms with van der Waals surface area (Å²) in [4.78, 5) is 12.1. The Labute approximate surface area is 128 Å². The van der Waals surface area contributed by atoms with Crippen LogP contribution in [0.15, 0.2) is 77.4 Å². The SMILES string of the molecule is O=C(C=Cc1ccccc1-c1cc(O)co1)c1ccccc1. The smallest absolute Gasteiger partial charge is 0.185 e. The molecule has 3 heteroatoms. The highest BCUT2D eigenvalue weighted by molar-refractivity contribution is 6.07. The number of aromatic hydroxyl groups is 1. The molecule has 0 atom stereocenters. The highest BCUT2D eigenvalue weighted by atomic mass is 16.4. The monoisotopic (exact) mass is 290 g/mol. The minimum atomic E-state index is -0.0577. The van der Waals surface area contributed by atoms with Crippen molar-refractivity contribution in [2.75, 3.05) is 0 Å². The molecular weight excluding hydrogens is 276 g/mol. The Balaban J connectivity index is 1.90. The zero-order chi connectivity index (χ0) is 15.4. The van der Waals surface area contributed by atoms with Crippen molar-refractivity contribution in [3.8, 4) is 17.1 Å². The van der Waals surface area contributed by atoms with E-state index in [4.69, 9.17) is 4.42 Å². The maximum atomic E-state index is 12.1. The van der Waals surface area contributed by atoms with Crippen molar-refractivity contribution in [1.82, 2.24) is 0 Å². The first-order valence-corrected chi connectivity index (χ1v) is 6.88. The first-order valence-electron chi connectivity index (χ1n) is 6.88. The standard InChI is InChI=1S/C19H14O3/c20-16-12-19(22-13-16)17-9-5-4-6-14(17)10-11-18(21)15-7-2-1-3-8-15/h1-13,20H. The quantitative estimate of drug-likeness (QED) is 0.566. The number of rotatable bonds is 4. The van der Waals surface area contributed by atoms with Crippen molar-refractivity contribution >= 4 is 11.9 Å². The minimum absolute atomic E-state index is 0.0577. The predicted molar refractivity (Wildman–Crippen MR) is 85.6 cm³/mol. The Kier molecular flexibility index (Phi) is 3.88. The van der Waals surface area contributed by atoms with Gasteiger partial charge in [0.2, 0.25) is 0 Å². The molecule has 0 aliphatic carbocycles. The van der Waals surface area contributed by atoms with E-state index in [9.17, 15) is 9.90 Å². The van der Waals surface area contributed by atoms with Gasteiger partial charge in [0, 0.05) is 17.2 Å². The topological polar surface area (TPSA) is 50.4 Å². The third kappa shape index (κ3) is 2.99. The molecule has 2 aromatic carbocycles. The molecule has 0 unspecified atom stereocenters. The lowest BCUT2D eigenvalue weighted by Gasteiger charge is -2.02. The van der Waals surface area contributed by atoms with Crippen LogP contribution in [-0.4, -0.2) is 10.9 Å². The maximum Gasteiger partial charge on any atom is 0.185 e. The third-order valence-electron chi connectivity index (χ3n) is 3.28. The molecule has 0 radical (unpaired) electrons. The number of hydrogen-bond donors (Lipinski definition) is 1. The molecule has 3 aromatic rings. The van der Waals surface area contributed by atoms with Crippen LogP contribution in [0.1, 0.15) is 15.9 Å². The highest BCUT2D eigenvalue weighted by Gasteiger charge is 2.08. The van der Waals surface area contributed by atoms with Gasteiger partial charge in [-0.3, -0.25) is 4.79 Å². The molecule has 22 heavy (non-hydrogen) atoms. The lowest BCUT2D eigenvalue weighted by Crippen LogP contribution is -1.93. The van der Waals surface area contributed by atoms with Crippen LogP contribution < -0.4 is 0 Å². The average molecular weight is 290 g/mol. The Morgan fingerprint density at radius 3 is 2.45 bits per heavy atom. The van der Waals surface area contributed by atoms with E-state index in [0.29, 0.717) is 11.3 Å². The van der Waals surface area contributed by atoms with E-state index in [1.54, 1.807) is 24.3 Å². The van der Waals surface area contributed by atoms with Crippen LogP contribution in [0.5, 0.6) is 5.75 Å². The second kappa shape index (κ2) is 6.14. The highest BCUT2D eigenvalue weighted by Crippen LogP contribution is 2.28. The van der Waals surface area contributed by atoms with Crippen LogP contribution >= 0.6 is 0 Å². The van der Waals surface area contributed by atoms with Crippen molar-refractivity contribution in [3.05, 3.63) is 84.1 Å². The van der Waals surface area contributed by atoms with Crippen LogP contribution in [0.25, 0.3) is 17.4 Å². The van der Waals surface area contributed by atoms with Gasteiger partial charge >= 0.3 is 0 Å². The van der Waals surface area contributed by atoms with Gasteiger partial charge in [-0.15, -0.1) is 0 Å². The van der Waals surface area contributed by atoms with Gasteiger partial charge in [0.15, 0.2) is 11.5 Å². The molecule has 0 saturated carbocycles. The summed E-state index contributed by atoms with van der Waals surface area (Å²) < 4.78 is 5.31. The lowest BCUT2D eigenvalue weighted by atomic mass is 10.0. The average Bonchev–Trinajstić information content (AvgIpc) is 3.00. The Hall–Kier alpha value is -3.07.